The second-order valence-corrected chi connectivity index (χ2v) is 11.2. The maximum Gasteiger partial charge on any atom is 0.294 e. The van der Waals surface area contributed by atoms with Gasteiger partial charge in [-0.05, 0) is 19.1 Å². The largest absolute Gasteiger partial charge is 0.412 e. The summed E-state index contributed by atoms with van der Waals surface area (Å²) in [5.41, 5.74) is 1.08. The van der Waals surface area contributed by atoms with Crippen LogP contribution in [0.15, 0.2) is 23.1 Å². The molecule has 6 heteroatoms. The molecule has 0 saturated heterocycles. The lowest BCUT2D eigenvalue weighted by Crippen LogP contribution is -2.39. The highest BCUT2D eigenvalue weighted by Gasteiger charge is 2.21. The Labute approximate surface area is 97.4 Å². The fourth-order valence-electron chi connectivity index (χ4n) is 1.57. The van der Waals surface area contributed by atoms with Gasteiger partial charge in [0, 0.05) is 0 Å². The van der Waals surface area contributed by atoms with Crippen LogP contribution in [0.3, 0.4) is 0 Å². The summed E-state index contributed by atoms with van der Waals surface area (Å²) in [6.07, 6.45) is 0. The molecule has 0 heterocycles. The van der Waals surface area contributed by atoms with Crippen LogP contribution in [-0.4, -0.2) is 26.5 Å². The van der Waals surface area contributed by atoms with Crippen LogP contribution in [0.2, 0.25) is 19.6 Å². The van der Waals surface area contributed by atoms with E-state index in [0.717, 1.165) is 10.8 Å². The molecule has 16 heavy (non-hydrogen) atoms. The zero-order valence-electron chi connectivity index (χ0n) is 9.90. The minimum atomic E-state index is -4.08. The van der Waals surface area contributed by atoms with Gasteiger partial charge in [-0.25, -0.2) is 0 Å². The van der Waals surface area contributed by atoms with Gasteiger partial charge in [-0.15, -0.1) is 0 Å². The van der Waals surface area contributed by atoms with Gasteiger partial charge in [-0.3, -0.25) is 4.55 Å². The SMILES string of the molecule is Cc1ccc(S(=O)(=O)O)cc1[Si](C)(C)C.O. The molecule has 0 aliphatic carbocycles. The van der Waals surface area contributed by atoms with E-state index in [1.54, 1.807) is 12.1 Å². The molecule has 0 atom stereocenters. The highest BCUT2D eigenvalue weighted by molar-refractivity contribution is 7.85. The summed E-state index contributed by atoms with van der Waals surface area (Å²) in [4.78, 5) is -0.00877. The van der Waals surface area contributed by atoms with Crippen LogP contribution in [0.25, 0.3) is 0 Å². The molecule has 1 aromatic carbocycles. The van der Waals surface area contributed by atoms with Crippen molar-refractivity contribution in [1.29, 1.82) is 0 Å². The summed E-state index contributed by atoms with van der Waals surface area (Å²) in [5.74, 6) is 0. The van der Waals surface area contributed by atoms with E-state index in [2.05, 4.69) is 19.6 Å². The Morgan fingerprint density at radius 2 is 1.69 bits per heavy atom. The van der Waals surface area contributed by atoms with Crippen molar-refractivity contribution < 1.29 is 18.4 Å². The summed E-state index contributed by atoms with van der Waals surface area (Å²) in [5, 5.41) is 1.07. The van der Waals surface area contributed by atoms with E-state index in [-0.39, 0.29) is 10.4 Å². The zero-order valence-corrected chi connectivity index (χ0v) is 11.7. The van der Waals surface area contributed by atoms with Gasteiger partial charge in [0.1, 0.15) is 0 Å². The molecule has 0 aliphatic rings. The van der Waals surface area contributed by atoms with E-state index in [4.69, 9.17) is 4.55 Å². The molecular weight excluding hydrogens is 244 g/mol. The van der Waals surface area contributed by atoms with Crippen LogP contribution in [0.5, 0.6) is 0 Å². The Balaban J connectivity index is 0.00000225. The Morgan fingerprint density at radius 1 is 1.19 bits per heavy atom. The zero-order chi connectivity index (χ0) is 11.9. The highest BCUT2D eigenvalue weighted by atomic mass is 32.2. The van der Waals surface area contributed by atoms with Crippen LogP contribution in [-0.2, 0) is 10.1 Å². The maximum atomic E-state index is 11.0. The Kier molecular flexibility index (Phi) is 4.46. The van der Waals surface area contributed by atoms with Crippen molar-refractivity contribution in [2.24, 2.45) is 0 Å². The van der Waals surface area contributed by atoms with Gasteiger partial charge in [-0.2, -0.15) is 8.42 Å². The van der Waals surface area contributed by atoms with Gasteiger partial charge in [0.05, 0.1) is 13.0 Å². The first-order valence-electron chi connectivity index (χ1n) is 4.71. The van der Waals surface area contributed by atoms with Crippen molar-refractivity contribution in [3.63, 3.8) is 0 Å². The number of benzene rings is 1. The predicted molar refractivity (Wildman–Crippen MR) is 67.6 cm³/mol. The van der Waals surface area contributed by atoms with E-state index in [1.165, 1.54) is 6.07 Å². The molecular formula is C10H18O4SSi. The molecule has 92 valence electrons. The normalized spacial score (nSPS) is 12.1. The molecule has 0 bridgehead atoms. The first kappa shape index (κ1) is 15.3. The molecule has 0 radical (unpaired) electrons. The third kappa shape index (κ3) is 3.41. The van der Waals surface area contributed by atoms with Crippen LogP contribution in [0.4, 0.5) is 0 Å². The lowest BCUT2D eigenvalue weighted by Gasteiger charge is -2.19. The minimum absolute atomic E-state index is 0. The molecule has 0 aliphatic heterocycles. The molecule has 1 aromatic rings. The average molecular weight is 262 g/mol. The van der Waals surface area contributed by atoms with Crippen LogP contribution in [0, 0.1) is 6.92 Å². The van der Waals surface area contributed by atoms with Crippen LogP contribution in [0.1, 0.15) is 5.56 Å². The Bertz CT molecular complexity index is 474. The third-order valence-corrected chi connectivity index (χ3v) is 5.32. The molecule has 0 unspecified atom stereocenters. The molecule has 0 saturated carbocycles. The predicted octanol–water partition coefficient (Wildman–Crippen LogP) is 0.962. The van der Waals surface area contributed by atoms with Gasteiger partial charge in [0.15, 0.2) is 0 Å². The van der Waals surface area contributed by atoms with Gasteiger partial charge >= 0.3 is 0 Å². The lowest BCUT2D eigenvalue weighted by molar-refractivity contribution is 0.483. The quantitative estimate of drug-likeness (QED) is 0.636. The van der Waals surface area contributed by atoms with Crippen LogP contribution >= 0.6 is 0 Å². The molecule has 0 fully saturated rings. The van der Waals surface area contributed by atoms with E-state index in [9.17, 15) is 8.42 Å². The lowest BCUT2D eigenvalue weighted by atomic mass is 10.2. The van der Waals surface area contributed by atoms with Gasteiger partial charge in [-0.1, -0.05) is 36.5 Å². The molecule has 0 amide bonds. The Morgan fingerprint density at radius 3 is 2.06 bits per heavy atom. The second kappa shape index (κ2) is 4.66. The highest BCUT2D eigenvalue weighted by Crippen LogP contribution is 2.12. The van der Waals surface area contributed by atoms with Crippen molar-refractivity contribution in [2.45, 2.75) is 31.5 Å². The fourth-order valence-corrected chi connectivity index (χ4v) is 4.04. The monoisotopic (exact) mass is 262 g/mol. The standard InChI is InChI=1S/C10H16O3SSi.H2O/c1-8-5-6-9(14(11,12)13)7-10(8)15(2,3)4;/h5-7H,1-4H3,(H,11,12,13);1H2. The van der Waals surface area contributed by atoms with Gasteiger partial charge in [0.25, 0.3) is 10.1 Å². The number of hydrogen-bond donors (Lipinski definition) is 1. The molecule has 1 rings (SSSR count). The second-order valence-electron chi connectivity index (χ2n) is 4.70. The van der Waals surface area contributed by atoms with Crippen molar-refractivity contribution >= 4 is 23.4 Å². The van der Waals surface area contributed by atoms with E-state index >= 15 is 0 Å². The molecule has 4 nitrogen and oxygen atoms in total. The molecule has 3 N–H and O–H groups in total. The molecule has 0 spiro atoms. The third-order valence-electron chi connectivity index (χ3n) is 2.31. The van der Waals surface area contributed by atoms with Crippen molar-refractivity contribution in [3.05, 3.63) is 23.8 Å². The van der Waals surface area contributed by atoms with Crippen molar-refractivity contribution in [3.8, 4) is 0 Å². The maximum absolute atomic E-state index is 11.0. The first-order chi connectivity index (χ1) is 6.62. The summed E-state index contributed by atoms with van der Waals surface area (Å²) in [6.45, 7) is 8.39. The smallest absolute Gasteiger partial charge is 0.294 e. The van der Waals surface area contributed by atoms with Gasteiger partial charge in [0.2, 0.25) is 0 Å². The summed E-state index contributed by atoms with van der Waals surface area (Å²) < 4.78 is 30.9. The average Bonchev–Trinajstić information content (AvgIpc) is 2.00. The van der Waals surface area contributed by atoms with Crippen LogP contribution < -0.4 is 5.19 Å². The number of aryl methyl sites for hydroxylation is 1. The van der Waals surface area contributed by atoms with E-state index in [0.29, 0.717) is 0 Å². The summed E-state index contributed by atoms with van der Waals surface area (Å²) in [7, 11) is -5.64. The molecule has 0 aromatic heterocycles. The summed E-state index contributed by atoms with van der Waals surface area (Å²) >= 11 is 0. The fraction of sp³-hybridized carbons (Fsp3) is 0.400. The van der Waals surface area contributed by atoms with Crippen molar-refractivity contribution in [2.75, 3.05) is 0 Å². The first-order valence-corrected chi connectivity index (χ1v) is 9.65. The van der Waals surface area contributed by atoms with E-state index in [1.807, 2.05) is 6.92 Å². The van der Waals surface area contributed by atoms with Gasteiger partial charge < -0.3 is 5.48 Å². The van der Waals surface area contributed by atoms with E-state index < -0.39 is 18.2 Å². The Hall–Kier alpha value is -0.693. The minimum Gasteiger partial charge on any atom is -0.412 e. The summed E-state index contributed by atoms with van der Waals surface area (Å²) in [6, 6.07) is 4.78. The topological polar surface area (TPSA) is 85.9 Å². The number of rotatable bonds is 2. The number of hydrogen-bond acceptors (Lipinski definition) is 2. The van der Waals surface area contributed by atoms with Crippen molar-refractivity contribution in [1.82, 2.24) is 0 Å².